The quantitative estimate of drug-likeness (QED) is 0.0892. The fraction of sp³-hybridized carbons (Fsp3) is 0.448. The fourth-order valence-corrected chi connectivity index (χ4v) is 5.82. The van der Waals surface area contributed by atoms with E-state index in [0.717, 1.165) is 30.2 Å². The Labute approximate surface area is 267 Å². The molecule has 0 aromatic heterocycles. The topological polar surface area (TPSA) is 119 Å². The molecular weight excluding hydrogens is 515 g/mol. The molecule has 0 radical (unpaired) electrons. The van der Waals surface area contributed by atoms with Crippen molar-refractivity contribution >= 4 is 23.9 Å². The standard InChI is InChI=1S/C29H36O8.K/c1-7-24(30)35-17-15-20(27(33)34)11-12-21-19(4)10-13-22-28(21,5)16-14-23(37-26(32)9-3)29(22,6)18-36-25(31)8-2;/h7-9,11-12,15,21-23H,1-4,10,13-14,16-18H2,5-6H3,(H,33,34);/q;+1/p-1/b12-11+,20-15+;/t21-,22?,23-,28+,29+;/m1./s1. The van der Waals surface area contributed by atoms with E-state index in [1.165, 1.54) is 12.2 Å². The molecule has 0 aromatic rings. The van der Waals surface area contributed by atoms with Gasteiger partial charge in [0.15, 0.2) is 0 Å². The molecule has 2 saturated carbocycles. The third-order valence-corrected chi connectivity index (χ3v) is 7.69. The summed E-state index contributed by atoms with van der Waals surface area (Å²) in [6.07, 6.45) is 9.71. The summed E-state index contributed by atoms with van der Waals surface area (Å²) in [4.78, 5) is 47.0. The number of carboxylic acid groups (broad SMARTS) is 1. The maximum atomic E-state index is 12.1. The van der Waals surface area contributed by atoms with Crippen LogP contribution in [0.2, 0.25) is 0 Å². The van der Waals surface area contributed by atoms with Gasteiger partial charge in [0.1, 0.15) is 19.3 Å². The Morgan fingerprint density at radius 1 is 1.00 bits per heavy atom. The van der Waals surface area contributed by atoms with Crippen LogP contribution in [0, 0.1) is 22.7 Å². The number of hydrogen-bond acceptors (Lipinski definition) is 8. The average molecular weight is 551 g/mol. The summed E-state index contributed by atoms with van der Waals surface area (Å²) in [5.74, 6) is -3.46. The van der Waals surface area contributed by atoms with Crippen molar-refractivity contribution in [3.63, 3.8) is 0 Å². The van der Waals surface area contributed by atoms with Crippen LogP contribution in [0.4, 0.5) is 0 Å². The molecule has 38 heavy (non-hydrogen) atoms. The summed E-state index contributed by atoms with van der Waals surface area (Å²) in [5.41, 5.74) is -0.308. The van der Waals surface area contributed by atoms with Gasteiger partial charge in [-0.3, -0.25) is 0 Å². The molecule has 9 heteroatoms. The summed E-state index contributed by atoms with van der Waals surface area (Å²) < 4.78 is 16.1. The largest absolute Gasteiger partial charge is 1.00 e. The molecule has 5 atom stereocenters. The third kappa shape index (κ3) is 7.99. The number of esters is 3. The molecule has 0 aromatic carbocycles. The number of carbonyl (C=O) groups excluding carboxylic acids is 4. The second kappa shape index (κ2) is 14.9. The molecular formula is C29H35KO8. The van der Waals surface area contributed by atoms with Gasteiger partial charge >= 0.3 is 69.3 Å². The van der Waals surface area contributed by atoms with Gasteiger partial charge in [0, 0.05) is 29.6 Å². The van der Waals surface area contributed by atoms with Crippen LogP contribution in [0.5, 0.6) is 0 Å². The van der Waals surface area contributed by atoms with Crippen LogP contribution in [0.15, 0.2) is 73.9 Å². The van der Waals surface area contributed by atoms with Crippen LogP contribution in [0.1, 0.15) is 39.5 Å². The first-order valence-electron chi connectivity index (χ1n) is 12.1. The zero-order chi connectivity index (χ0) is 27.8. The monoisotopic (exact) mass is 550 g/mol. The molecule has 2 rings (SSSR count). The molecule has 0 bridgehead atoms. The van der Waals surface area contributed by atoms with Crippen molar-refractivity contribution in [2.24, 2.45) is 22.7 Å². The van der Waals surface area contributed by atoms with Crippen molar-refractivity contribution in [2.75, 3.05) is 13.2 Å². The SMILES string of the molecule is C=CC(=O)OC/C=C(\C=C\[C@@H]1C(=C)CCC2[C@](C)(COC(=O)C=C)[C@H](OC(=O)C=C)CC[C@]21C)C(=O)[O-].[K+]. The minimum atomic E-state index is -1.41. The molecule has 0 N–H and O–H groups in total. The van der Waals surface area contributed by atoms with Crippen molar-refractivity contribution in [3.05, 3.63) is 73.9 Å². The minimum Gasteiger partial charge on any atom is -0.545 e. The molecule has 0 amide bonds. The van der Waals surface area contributed by atoms with Crippen LogP contribution < -0.4 is 56.5 Å². The molecule has 1 unspecified atom stereocenters. The number of rotatable bonds is 11. The Kier molecular flexibility index (Phi) is 13.4. The van der Waals surface area contributed by atoms with Crippen molar-refractivity contribution in [1.29, 1.82) is 0 Å². The van der Waals surface area contributed by atoms with Crippen LogP contribution in [-0.4, -0.2) is 43.2 Å². The zero-order valence-corrected chi connectivity index (χ0v) is 25.7. The Hall–Kier alpha value is -2.04. The van der Waals surface area contributed by atoms with E-state index in [-0.39, 0.29) is 82.0 Å². The average Bonchev–Trinajstić information content (AvgIpc) is 2.86. The number of aliphatic carboxylic acids is 1. The van der Waals surface area contributed by atoms with Crippen LogP contribution in [0.25, 0.3) is 0 Å². The molecule has 0 heterocycles. The Morgan fingerprint density at radius 3 is 2.18 bits per heavy atom. The van der Waals surface area contributed by atoms with Gasteiger partial charge in [0.2, 0.25) is 0 Å². The Balaban J connectivity index is 0.00000722. The summed E-state index contributed by atoms with van der Waals surface area (Å²) >= 11 is 0. The molecule has 2 aliphatic carbocycles. The molecule has 0 aliphatic heterocycles. The second-order valence-electron chi connectivity index (χ2n) is 9.86. The summed E-state index contributed by atoms with van der Waals surface area (Å²) in [7, 11) is 0. The number of carboxylic acids is 1. The van der Waals surface area contributed by atoms with Gasteiger partial charge in [-0.25, -0.2) is 14.4 Å². The number of allylic oxidation sites excluding steroid dienone is 2. The Bertz CT molecular complexity index is 1040. The maximum absolute atomic E-state index is 12.1. The number of ether oxygens (including phenoxy) is 3. The first-order chi connectivity index (χ1) is 17.4. The number of carbonyl (C=O) groups is 4. The van der Waals surface area contributed by atoms with E-state index in [0.29, 0.717) is 19.3 Å². The van der Waals surface area contributed by atoms with Crippen LogP contribution in [-0.2, 0) is 33.4 Å². The molecule has 200 valence electrons. The molecule has 0 spiro atoms. The van der Waals surface area contributed by atoms with E-state index in [1.807, 2.05) is 6.92 Å². The van der Waals surface area contributed by atoms with E-state index in [1.54, 1.807) is 6.08 Å². The van der Waals surface area contributed by atoms with Crippen molar-refractivity contribution in [2.45, 2.75) is 45.6 Å². The van der Waals surface area contributed by atoms with Crippen molar-refractivity contribution in [3.8, 4) is 0 Å². The van der Waals surface area contributed by atoms with Crippen LogP contribution in [0.3, 0.4) is 0 Å². The van der Waals surface area contributed by atoms with Crippen molar-refractivity contribution < 1.29 is 89.9 Å². The predicted octanol–water partition coefficient (Wildman–Crippen LogP) is 0.168. The van der Waals surface area contributed by atoms with E-state index in [4.69, 9.17) is 14.2 Å². The van der Waals surface area contributed by atoms with E-state index in [9.17, 15) is 24.3 Å². The zero-order valence-electron chi connectivity index (χ0n) is 22.5. The summed E-state index contributed by atoms with van der Waals surface area (Å²) in [6, 6.07) is 0. The summed E-state index contributed by atoms with van der Waals surface area (Å²) in [5, 5.41) is 11.7. The predicted molar refractivity (Wildman–Crippen MR) is 135 cm³/mol. The van der Waals surface area contributed by atoms with Crippen molar-refractivity contribution in [1.82, 2.24) is 0 Å². The van der Waals surface area contributed by atoms with Crippen LogP contribution >= 0.6 is 0 Å². The van der Waals surface area contributed by atoms with Gasteiger partial charge in [-0.15, -0.1) is 0 Å². The summed E-state index contributed by atoms with van der Waals surface area (Å²) in [6.45, 7) is 18.3. The molecule has 2 aliphatic rings. The third-order valence-electron chi connectivity index (χ3n) is 7.69. The molecule has 8 nitrogen and oxygen atoms in total. The molecule has 0 saturated heterocycles. The van der Waals surface area contributed by atoms with E-state index < -0.39 is 40.8 Å². The Morgan fingerprint density at radius 2 is 1.61 bits per heavy atom. The van der Waals surface area contributed by atoms with Gasteiger partial charge in [0.25, 0.3) is 0 Å². The maximum Gasteiger partial charge on any atom is 1.00 e. The van der Waals surface area contributed by atoms with Gasteiger partial charge in [-0.2, -0.15) is 0 Å². The van der Waals surface area contributed by atoms with Gasteiger partial charge in [-0.1, -0.05) is 57.9 Å². The smallest absolute Gasteiger partial charge is 0.545 e. The number of fused-ring (bicyclic) bond motifs is 1. The van der Waals surface area contributed by atoms with Gasteiger partial charge in [-0.05, 0) is 48.7 Å². The van der Waals surface area contributed by atoms with E-state index in [2.05, 4.69) is 33.2 Å². The fourth-order valence-electron chi connectivity index (χ4n) is 5.82. The van der Waals surface area contributed by atoms with E-state index >= 15 is 0 Å². The van der Waals surface area contributed by atoms with Gasteiger partial charge in [0.05, 0.1) is 5.97 Å². The normalized spacial score (nSPS) is 28.7. The first kappa shape index (κ1) is 34.0. The van der Waals surface area contributed by atoms with Gasteiger partial charge < -0.3 is 24.1 Å². The second-order valence-corrected chi connectivity index (χ2v) is 9.86. The minimum absolute atomic E-state index is 0. The number of hydrogen-bond donors (Lipinski definition) is 0. The first-order valence-corrected chi connectivity index (χ1v) is 12.1. The molecule has 2 fully saturated rings.